The summed E-state index contributed by atoms with van der Waals surface area (Å²) in [5.74, 6) is 4.25. The van der Waals surface area contributed by atoms with E-state index in [0.29, 0.717) is 0 Å². The van der Waals surface area contributed by atoms with Gasteiger partial charge in [-0.15, -0.1) is 0 Å². The molecule has 8 heteroatoms. The van der Waals surface area contributed by atoms with Crippen molar-refractivity contribution in [1.29, 1.82) is 0 Å². The number of alkyl halides is 3. The molecule has 20 heavy (non-hydrogen) atoms. The summed E-state index contributed by atoms with van der Waals surface area (Å²) >= 11 is 0. The fourth-order valence-electron chi connectivity index (χ4n) is 1.93. The van der Waals surface area contributed by atoms with Crippen LogP contribution >= 0.6 is 0 Å². The number of rotatable bonds is 2. The van der Waals surface area contributed by atoms with E-state index < -0.39 is 29.6 Å². The zero-order chi connectivity index (χ0) is 14.9. The number of benzene rings is 1. The number of fused-ring (bicyclic) bond motifs is 1. The number of aromatic nitrogens is 1. The highest BCUT2D eigenvalue weighted by Gasteiger charge is 2.33. The number of hydrogen-bond donors (Lipinski definition) is 2. The third kappa shape index (κ3) is 2.50. The lowest BCUT2D eigenvalue weighted by atomic mass is 10.1. The normalized spacial score (nSPS) is 11.6. The fourth-order valence-corrected chi connectivity index (χ4v) is 1.93. The summed E-state index contributed by atoms with van der Waals surface area (Å²) in [5.41, 5.74) is -0.0255. The van der Waals surface area contributed by atoms with Crippen molar-refractivity contribution >= 4 is 16.8 Å². The van der Waals surface area contributed by atoms with E-state index in [1.54, 1.807) is 0 Å². The molecule has 0 saturated heterocycles. The zero-order valence-corrected chi connectivity index (χ0v) is 10.1. The van der Waals surface area contributed by atoms with Crippen LogP contribution in [0.25, 0.3) is 10.9 Å². The number of hydrogen-bond acceptors (Lipinski definition) is 3. The molecule has 1 aromatic carbocycles. The quantitative estimate of drug-likeness (QED) is 0.491. The molecule has 106 valence electrons. The molecule has 0 aliphatic heterocycles. The Bertz CT molecular complexity index is 722. The highest BCUT2D eigenvalue weighted by atomic mass is 19.4. The Hall–Kier alpha value is -2.35. The topological polar surface area (TPSA) is 77.1 Å². The fraction of sp³-hybridized carbons (Fsp3) is 0.167. The summed E-state index contributed by atoms with van der Waals surface area (Å²) in [6.07, 6.45) is -3.50. The zero-order valence-electron chi connectivity index (χ0n) is 10.1. The van der Waals surface area contributed by atoms with E-state index in [0.717, 1.165) is 29.0 Å². The van der Waals surface area contributed by atoms with Crippen LogP contribution < -0.4 is 16.7 Å². The third-order valence-corrected chi connectivity index (χ3v) is 2.77. The number of para-hydroxylation sites is 1. The minimum Gasteiger partial charge on any atom is -0.337 e. The van der Waals surface area contributed by atoms with Crippen LogP contribution in [-0.2, 0) is 17.5 Å². The van der Waals surface area contributed by atoms with Gasteiger partial charge in [0.25, 0.3) is 5.91 Å². The predicted molar refractivity (Wildman–Crippen MR) is 65.5 cm³/mol. The number of amides is 1. The Morgan fingerprint density at radius 2 is 2.00 bits per heavy atom. The molecule has 2 aromatic rings. The van der Waals surface area contributed by atoms with Crippen molar-refractivity contribution in [3.05, 3.63) is 46.2 Å². The molecule has 5 nitrogen and oxygen atoms in total. The molecule has 0 radical (unpaired) electrons. The van der Waals surface area contributed by atoms with E-state index in [1.165, 1.54) is 6.07 Å². The maximum absolute atomic E-state index is 13.0. The van der Waals surface area contributed by atoms with E-state index in [4.69, 9.17) is 5.84 Å². The number of carbonyl (C=O) groups excluding carboxylic acids is 1. The SMILES string of the molecule is NNC(=O)Cn1ccc(=O)c2cccc(C(F)(F)F)c21. The molecule has 1 amide bonds. The van der Waals surface area contributed by atoms with Crippen LogP contribution in [0.15, 0.2) is 35.3 Å². The van der Waals surface area contributed by atoms with Gasteiger partial charge in [0.05, 0.1) is 11.1 Å². The van der Waals surface area contributed by atoms with E-state index in [-0.39, 0.29) is 10.9 Å². The van der Waals surface area contributed by atoms with Crippen LogP contribution in [0.4, 0.5) is 13.2 Å². The minimum atomic E-state index is -4.63. The highest BCUT2D eigenvalue weighted by molar-refractivity contribution is 5.84. The van der Waals surface area contributed by atoms with E-state index in [1.807, 2.05) is 5.43 Å². The van der Waals surface area contributed by atoms with Gasteiger partial charge in [-0.25, -0.2) is 5.84 Å². The highest BCUT2D eigenvalue weighted by Crippen LogP contribution is 2.33. The first kappa shape index (κ1) is 14.1. The molecule has 0 spiro atoms. The van der Waals surface area contributed by atoms with Crippen molar-refractivity contribution in [1.82, 2.24) is 9.99 Å². The molecule has 1 aromatic heterocycles. The average Bonchev–Trinajstić information content (AvgIpc) is 2.40. The van der Waals surface area contributed by atoms with Gasteiger partial charge in [0.1, 0.15) is 6.54 Å². The second-order valence-electron chi connectivity index (χ2n) is 4.07. The molecule has 3 N–H and O–H groups in total. The molecule has 1 heterocycles. The van der Waals surface area contributed by atoms with Gasteiger partial charge in [-0.2, -0.15) is 13.2 Å². The summed E-state index contributed by atoms with van der Waals surface area (Å²) in [5, 5.41) is -0.104. The summed E-state index contributed by atoms with van der Waals surface area (Å²) in [6.45, 7) is -0.416. The average molecular weight is 285 g/mol. The minimum absolute atomic E-state index is 0.104. The predicted octanol–water partition coefficient (Wildman–Crippen LogP) is 1.01. The largest absolute Gasteiger partial charge is 0.418 e. The standard InChI is InChI=1S/C12H10F3N3O2/c13-12(14,15)8-3-1-2-7-9(19)4-5-18(11(7)8)6-10(20)17-16/h1-5H,6,16H2,(H,17,20). The lowest BCUT2D eigenvalue weighted by Crippen LogP contribution is -2.33. The van der Waals surface area contributed by atoms with Gasteiger partial charge < -0.3 is 4.57 Å². The van der Waals surface area contributed by atoms with E-state index >= 15 is 0 Å². The van der Waals surface area contributed by atoms with Gasteiger partial charge >= 0.3 is 6.18 Å². The maximum atomic E-state index is 13.0. The molecule has 0 saturated carbocycles. The summed E-state index contributed by atoms with van der Waals surface area (Å²) < 4.78 is 40.1. The van der Waals surface area contributed by atoms with Gasteiger partial charge in [0.2, 0.25) is 0 Å². The number of carbonyl (C=O) groups is 1. The molecule has 2 rings (SSSR count). The van der Waals surface area contributed by atoms with E-state index in [2.05, 4.69) is 0 Å². The van der Waals surface area contributed by atoms with Crippen LogP contribution in [0.3, 0.4) is 0 Å². The summed E-state index contributed by atoms with van der Waals surface area (Å²) in [4.78, 5) is 22.9. The van der Waals surface area contributed by atoms with Crippen molar-refractivity contribution in [3.63, 3.8) is 0 Å². The van der Waals surface area contributed by atoms with Gasteiger partial charge in [0, 0.05) is 17.6 Å². The van der Waals surface area contributed by atoms with Crippen LogP contribution in [-0.4, -0.2) is 10.5 Å². The molecule has 0 unspecified atom stereocenters. The van der Waals surface area contributed by atoms with Crippen LogP contribution in [0.5, 0.6) is 0 Å². The summed E-state index contributed by atoms with van der Waals surface area (Å²) in [7, 11) is 0. The first-order valence-corrected chi connectivity index (χ1v) is 5.53. The lowest BCUT2D eigenvalue weighted by Gasteiger charge is -2.15. The van der Waals surface area contributed by atoms with Crippen molar-refractivity contribution in [2.24, 2.45) is 5.84 Å². The Balaban J connectivity index is 2.79. The molecule has 0 bridgehead atoms. The number of pyridine rings is 1. The van der Waals surface area contributed by atoms with Crippen molar-refractivity contribution in [2.45, 2.75) is 12.7 Å². The number of halogens is 3. The molecule has 0 aliphatic carbocycles. The molecule has 0 aliphatic rings. The second kappa shape index (κ2) is 4.97. The van der Waals surface area contributed by atoms with Crippen molar-refractivity contribution in [2.75, 3.05) is 0 Å². The number of nitrogens with one attached hydrogen (secondary N) is 1. The first-order valence-electron chi connectivity index (χ1n) is 5.53. The van der Waals surface area contributed by atoms with Crippen LogP contribution in [0.1, 0.15) is 5.56 Å². The molecular weight excluding hydrogens is 275 g/mol. The number of nitrogens with zero attached hydrogens (tertiary/aromatic N) is 1. The lowest BCUT2D eigenvalue weighted by molar-refractivity contribution is -0.136. The third-order valence-electron chi connectivity index (χ3n) is 2.77. The Morgan fingerprint density at radius 1 is 1.30 bits per heavy atom. The maximum Gasteiger partial charge on any atom is 0.418 e. The second-order valence-corrected chi connectivity index (χ2v) is 4.07. The van der Waals surface area contributed by atoms with Gasteiger partial charge in [0.15, 0.2) is 5.43 Å². The molecule has 0 atom stereocenters. The monoisotopic (exact) mass is 285 g/mol. The first-order chi connectivity index (χ1) is 9.34. The van der Waals surface area contributed by atoms with Crippen molar-refractivity contribution < 1.29 is 18.0 Å². The van der Waals surface area contributed by atoms with Gasteiger partial charge in [-0.1, -0.05) is 6.07 Å². The number of nitrogens with two attached hydrogens (primary N) is 1. The van der Waals surface area contributed by atoms with Gasteiger partial charge in [-0.05, 0) is 12.1 Å². The van der Waals surface area contributed by atoms with Crippen LogP contribution in [0, 0.1) is 0 Å². The molecular formula is C12H10F3N3O2. The van der Waals surface area contributed by atoms with Gasteiger partial charge in [-0.3, -0.25) is 15.0 Å². The number of hydrazine groups is 1. The smallest absolute Gasteiger partial charge is 0.337 e. The Labute approximate surface area is 110 Å². The summed E-state index contributed by atoms with van der Waals surface area (Å²) in [6, 6.07) is 4.40. The Kier molecular flexibility index (Phi) is 3.49. The Morgan fingerprint density at radius 3 is 2.60 bits per heavy atom. The molecule has 0 fully saturated rings. The van der Waals surface area contributed by atoms with E-state index in [9.17, 15) is 22.8 Å². The van der Waals surface area contributed by atoms with Crippen LogP contribution in [0.2, 0.25) is 0 Å². The van der Waals surface area contributed by atoms with Crippen molar-refractivity contribution in [3.8, 4) is 0 Å².